The van der Waals surface area contributed by atoms with Gasteiger partial charge >= 0.3 is 0 Å². The Balaban J connectivity index is 2.86. The summed E-state index contributed by atoms with van der Waals surface area (Å²) < 4.78 is 5.86. The van der Waals surface area contributed by atoms with Crippen molar-refractivity contribution in [1.82, 2.24) is 5.32 Å². The smallest absolute Gasteiger partial charge is 0.220 e. The van der Waals surface area contributed by atoms with Crippen LogP contribution in [0, 0.1) is 5.92 Å². The van der Waals surface area contributed by atoms with Crippen molar-refractivity contribution in [2.75, 3.05) is 6.61 Å². The number of nitrogens with two attached hydrogens (primary N) is 1. The van der Waals surface area contributed by atoms with Crippen LogP contribution < -0.4 is 15.8 Å². The van der Waals surface area contributed by atoms with E-state index in [9.17, 15) is 4.79 Å². The molecule has 0 aliphatic rings. The highest BCUT2D eigenvalue weighted by Gasteiger charge is 2.19. The van der Waals surface area contributed by atoms with Crippen LogP contribution in [0.25, 0.3) is 0 Å². The average molecular weight is 320 g/mol. The van der Waals surface area contributed by atoms with E-state index in [1.165, 1.54) is 0 Å². The van der Waals surface area contributed by atoms with Crippen LogP contribution in [0.5, 0.6) is 5.75 Å². The van der Waals surface area contributed by atoms with E-state index < -0.39 is 0 Å². The highest BCUT2D eigenvalue weighted by Crippen LogP contribution is 2.29. The summed E-state index contributed by atoms with van der Waals surface area (Å²) in [6.45, 7) is 9.02. The van der Waals surface area contributed by atoms with Gasteiger partial charge in [-0.1, -0.05) is 39.0 Å². The Morgan fingerprint density at radius 2 is 1.96 bits per heavy atom. The van der Waals surface area contributed by atoms with E-state index in [4.69, 9.17) is 10.5 Å². The second-order valence-electron chi connectivity index (χ2n) is 6.65. The first-order chi connectivity index (χ1) is 10.9. The van der Waals surface area contributed by atoms with Gasteiger partial charge in [0.1, 0.15) is 5.75 Å². The van der Waals surface area contributed by atoms with Crippen LogP contribution in [-0.2, 0) is 4.79 Å². The number of rotatable bonds is 10. The molecule has 2 atom stereocenters. The van der Waals surface area contributed by atoms with Crippen LogP contribution in [-0.4, -0.2) is 18.6 Å². The number of carbonyl (C=O) groups excluding carboxylic acids is 1. The van der Waals surface area contributed by atoms with E-state index in [2.05, 4.69) is 26.1 Å². The summed E-state index contributed by atoms with van der Waals surface area (Å²) >= 11 is 0. The molecule has 0 saturated carbocycles. The summed E-state index contributed by atoms with van der Waals surface area (Å²) in [5.41, 5.74) is 6.80. The summed E-state index contributed by atoms with van der Waals surface area (Å²) in [6, 6.07) is 8.01. The van der Waals surface area contributed by atoms with Gasteiger partial charge in [0, 0.05) is 18.0 Å². The minimum Gasteiger partial charge on any atom is -0.493 e. The van der Waals surface area contributed by atoms with Crippen LogP contribution in [0.15, 0.2) is 24.3 Å². The molecule has 0 aliphatic carbocycles. The van der Waals surface area contributed by atoms with Crippen LogP contribution in [0.2, 0.25) is 0 Å². The number of amides is 1. The highest BCUT2D eigenvalue weighted by molar-refractivity contribution is 5.76. The first-order valence-electron chi connectivity index (χ1n) is 8.70. The lowest BCUT2D eigenvalue weighted by molar-refractivity contribution is -0.122. The average Bonchev–Trinajstić information content (AvgIpc) is 2.50. The number of carbonyl (C=O) groups is 1. The standard InChI is InChI=1S/C19H32N2O2/c1-5-12-23-18-9-7-6-8-16(18)17(13-14(2)3)21-19(22)11-10-15(4)20/h6-9,14-15,17H,5,10-13,20H2,1-4H3,(H,21,22). The van der Waals surface area contributed by atoms with Crippen molar-refractivity contribution in [2.45, 2.75) is 65.5 Å². The zero-order chi connectivity index (χ0) is 17.2. The van der Waals surface area contributed by atoms with Gasteiger partial charge in [-0.15, -0.1) is 0 Å². The van der Waals surface area contributed by atoms with Crippen LogP contribution in [0.4, 0.5) is 0 Å². The molecule has 0 aromatic heterocycles. The van der Waals surface area contributed by atoms with Crippen molar-refractivity contribution < 1.29 is 9.53 Å². The zero-order valence-electron chi connectivity index (χ0n) is 15.0. The second kappa shape index (κ2) is 10.3. The van der Waals surface area contributed by atoms with Crippen molar-refractivity contribution in [3.05, 3.63) is 29.8 Å². The quantitative estimate of drug-likeness (QED) is 0.689. The van der Waals surface area contributed by atoms with Crippen molar-refractivity contribution in [1.29, 1.82) is 0 Å². The number of nitrogens with one attached hydrogen (secondary N) is 1. The van der Waals surface area contributed by atoms with E-state index in [1.54, 1.807) is 0 Å². The van der Waals surface area contributed by atoms with Gasteiger partial charge in [-0.2, -0.15) is 0 Å². The molecule has 4 heteroatoms. The molecule has 1 amide bonds. The molecule has 0 saturated heterocycles. The summed E-state index contributed by atoms with van der Waals surface area (Å²) in [5.74, 6) is 1.40. The molecular formula is C19H32N2O2. The Labute approximate surface area is 140 Å². The molecule has 0 radical (unpaired) electrons. The van der Waals surface area contributed by atoms with Gasteiger partial charge in [0.15, 0.2) is 0 Å². The predicted octanol–water partition coefficient (Wildman–Crippen LogP) is 3.81. The minimum absolute atomic E-state index is 0.0244. The molecule has 0 spiro atoms. The number of ether oxygens (including phenoxy) is 1. The molecule has 0 fully saturated rings. The Morgan fingerprint density at radius 1 is 1.26 bits per heavy atom. The maximum absolute atomic E-state index is 12.2. The molecule has 1 aromatic carbocycles. The molecule has 3 N–H and O–H groups in total. The Kier molecular flexibility index (Phi) is 8.70. The zero-order valence-corrected chi connectivity index (χ0v) is 15.0. The van der Waals surface area contributed by atoms with Crippen LogP contribution in [0.1, 0.15) is 65.0 Å². The lowest BCUT2D eigenvalue weighted by Crippen LogP contribution is -2.31. The lowest BCUT2D eigenvalue weighted by atomic mass is 9.96. The minimum atomic E-state index is -0.0244. The largest absolute Gasteiger partial charge is 0.493 e. The summed E-state index contributed by atoms with van der Waals surface area (Å²) in [6.07, 6.45) is 3.01. The van der Waals surface area contributed by atoms with Crippen LogP contribution in [0.3, 0.4) is 0 Å². The van der Waals surface area contributed by atoms with Crippen molar-refractivity contribution >= 4 is 5.91 Å². The van der Waals surface area contributed by atoms with Gasteiger partial charge in [0.05, 0.1) is 12.6 Å². The highest BCUT2D eigenvalue weighted by atomic mass is 16.5. The molecular weight excluding hydrogens is 288 g/mol. The summed E-state index contributed by atoms with van der Waals surface area (Å²) in [4.78, 5) is 12.2. The fraction of sp³-hybridized carbons (Fsp3) is 0.632. The van der Waals surface area contributed by atoms with E-state index in [0.717, 1.165) is 24.2 Å². The first-order valence-corrected chi connectivity index (χ1v) is 8.70. The Bertz CT molecular complexity index is 472. The SMILES string of the molecule is CCCOc1ccccc1C(CC(C)C)NC(=O)CCC(C)N. The third kappa shape index (κ3) is 7.51. The topological polar surface area (TPSA) is 64.3 Å². The molecule has 23 heavy (non-hydrogen) atoms. The van der Waals surface area contributed by atoms with Crippen molar-refractivity contribution in [3.63, 3.8) is 0 Å². The van der Waals surface area contributed by atoms with E-state index in [1.807, 2.05) is 31.2 Å². The van der Waals surface area contributed by atoms with Gasteiger partial charge in [0.2, 0.25) is 5.91 Å². The molecule has 2 unspecified atom stereocenters. The van der Waals surface area contributed by atoms with Gasteiger partial charge < -0.3 is 15.8 Å². The molecule has 0 bridgehead atoms. The first kappa shape index (κ1) is 19.5. The van der Waals surface area contributed by atoms with E-state index in [-0.39, 0.29) is 18.0 Å². The fourth-order valence-corrected chi connectivity index (χ4v) is 2.47. The fourth-order valence-electron chi connectivity index (χ4n) is 2.47. The van der Waals surface area contributed by atoms with E-state index >= 15 is 0 Å². The number of hydrogen-bond acceptors (Lipinski definition) is 3. The lowest BCUT2D eigenvalue weighted by Gasteiger charge is -2.24. The summed E-state index contributed by atoms with van der Waals surface area (Å²) in [7, 11) is 0. The van der Waals surface area contributed by atoms with E-state index in [0.29, 0.717) is 25.4 Å². The third-order valence-electron chi connectivity index (χ3n) is 3.63. The predicted molar refractivity (Wildman–Crippen MR) is 95.5 cm³/mol. The molecule has 0 heterocycles. The Morgan fingerprint density at radius 3 is 2.57 bits per heavy atom. The molecule has 0 aliphatic heterocycles. The Hall–Kier alpha value is -1.55. The normalized spacial score (nSPS) is 13.7. The second-order valence-corrected chi connectivity index (χ2v) is 6.65. The monoisotopic (exact) mass is 320 g/mol. The number of hydrogen-bond donors (Lipinski definition) is 2. The van der Waals surface area contributed by atoms with Gasteiger partial charge in [-0.05, 0) is 38.2 Å². The van der Waals surface area contributed by atoms with Crippen molar-refractivity contribution in [3.8, 4) is 5.75 Å². The molecule has 4 nitrogen and oxygen atoms in total. The maximum Gasteiger partial charge on any atom is 0.220 e. The van der Waals surface area contributed by atoms with Gasteiger partial charge in [0.25, 0.3) is 0 Å². The molecule has 130 valence electrons. The van der Waals surface area contributed by atoms with Crippen molar-refractivity contribution in [2.24, 2.45) is 11.7 Å². The van der Waals surface area contributed by atoms with Gasteiger partial charge in [-0.3, -0.25) is 4.79 Å². The molecule has 1 rings (SSSR count). The van der Waals surface area contributed by atoms with Crippen LogP contribution >= 0.6 is 0 Å². The molecule has 1 aromatic rings. The maximum atomic E-state index is 12.2. The number of para-hydroxylation sites is 1. The number of benzene rings is 1. The van der Waals surface area contributed by atoms with Gasteiger partial charge in [-0.25, -0.2) is 0 Å². The third-order valence-corrected chi connectivity index (χ3v) is 3.63. The summed E-state index contributed by atoms with van der Waals surface area (Å²) in [5, 5.41) is 3.16.